The summed E-state index contributed by atoms with van der Waals surface area (Å²) in [6.45, 7) is 4.48. The molecule has 1 saturated carbocycles. The first kappa shape index (κ1) is 17.3. The fraction of sp³-hybridized carbons (Fsp3) is 0.474. The first-order valence-corrected chi connectivity index (χ1v) is 8.76. The molecular formula is C19H24N2O4. The average Bonchev–Trinajstić information content (AvgIpc) is 3.30. The molecule has 6 nitrogen and oxygen atoms in total. The van der Waals surface area contributed by atoms with Crippen LogP contribution in [0.2, 0.25) is 0 Å². The molecule has 1 atom stereocenters. The van der Waals surface area contributed by atoms with E-state index in [9.17, 15) is 9.59 Å². The molecule has 2 aliphatic rings. The normalized spacial score (nSPS) is 18.6. The van der Waals surface area contributed by atoms with Gasteiger partial charge in [-0.15, -0.1) is 0 Å². The lowest BCUT2D eigenvalue weighted by Gasteiger charge is -2.10. The van der Waals surface area contributed by atoms with Crippen molar-refractivity contribution in [2.24, 2.45) is 0 Å². The van der Waals surface area contributed by atoms with Gasteiger partial charge >= 0.3 is 0 Å². The SMILES string of the molecule is CCOc1cc2c(cc1/C=C/C(=O)NCC(=O)NC1CC1)O[C@H](C)C2. The van der Waals surface area contributed by atoms with Gasteiger partial charge < -0.3 is 20.1 Å². The van der Waals surface area contributed by atoms with Crippen LogP contribution in [0, 0.1) is 0 Å². The molecule has 0 saturated heterocycles. The summed E-state index contributed by atoms with van der Waals surface area (Å²) in [4.78, 5) is 23.5. The Hall–Kier alpha value is -2.50. The molecule has 25 heavy (non-hydrogen) atoms. The van der Waals surface area contributed by atoms with E-state index in [0.717, 1.165) is 41.9 Å². The van der Waals surface area contributed by atoms with Crippen LogP contribution in [0.3, 0.4) is 0 Å². The average molecular weight is 344 g/mol. The van der Waals surface area contributed by atoms with E-state index in [1.54, 1.807) is 6.08 Å². The van der Waals surface area contributed by atoms with E-state index in [-0.39, 0.29) is 24.5 Å². The van der Waals surface area contributed by atoms with Crippen LogP contribution in [0.1, 0.15) is 37.8 Å². The number of hydrogen-bond acceptors (Lipinski definition) is 4. The molecule has 0 bridgehead atoms. The molecule has 0 aromatic heterocycles. The van der Waals surface area contributed by atoms with Crippen LogP contribution < -0.4 is 20.1 Å². The van der Waals surface area contributed by atoms with E-state index in [4.69, 9.17) is 9.47 Å². The zero-order valence-corrected chi connectivity index (χ0v) is 14.6. The number of ether oxygens (including phenoxy) is 2. The second kappa shape index (κ2) is 7.59. The number of fused-ring (bicyclic) bond motifs is 1. The smallest absolute Gasteiger partial charge is 0.244 e. The van der Waals surface area contributed by atoms with Gasteiger partial charge in [-0.3, -0.25) is 9.59 Å². The number of nitrogens with one attached hydrogen (secondary N) is 2. The van der Waals surface area contributed by atoms with Gasteiger partial charge in [-0.1, -0.05) is 0 Å². The molecular weight excluding hydrogens is 320 g/mol. The summed E-state index contributed by atoms with van der Waals surface area (Å²) >= 11 is 0. The van der Waals surface area contributed by atoms with Crippen molar-refractivity contribution in [1.29, 1.82) is 0 Å². The molecule has 3 rings (SSSR count). The Morgan fingerprint density at radius 1 is 1.36 bits per heavy atom. The predicted molar refractivity (Wildman–Crippen MR) is 94.6 cm³/mol. The van der Waals surface area contributed by atoms with Crippen LogP contribution in [-0.2, 0) is 16.0 Å². The zero-order chi connectivity index (χ0) is 17.8. The number of hydrogen-bond donors (Lipinski definition) is 2. The van der Waals surface area contributed by atoms with Crippen LogP contribution >= 0.6 is 0 Å². The number of rotatable bonds is 7. The zero-order valence-electron chi connectivity index (χ0n) is 14.6. The summed E-state index contributed by atoms with van der Waals surface area (Å²) in [5.74, 6) is 1.09. The lowest BCUT2D eigenvalue weighted by Crippen LogP contribution is -2.37. The lowest BCUT2D eigenvalue weighted by molar-refractivity contribution is -0.124. The van der Waals surface area contributed by atoms with Gasteiger partial charge in [0.2, 0.25) is 11.8 Å². The van der Waals surface area contributed by atoms with Crippen LogP contribution in [0.25, 0.3) is 6.08 Å². The molecule has 1 aliphatic heterocycles. The molecule has 1 aromatic rings. The number of carbonyl (C=O) groups is 2. The van der Waals surface area contributed by atoms with Crippen LogP contribution in [-0.4, -0.2) is 37.1 Å². The van der Waals surface area contributed by atoms with Gasteiger partial charge in [-0.2, -0.15) is 0 Å². The van der Waals surface area contributed by atoms with Gasteiger partial charge in [-0.25, -0.2) is 0 Å². The quantitative estimate of drug-likeness (QED) is 0.740. The molecule has 2 amide bonds. The van der Waals surface area contributed by atoms with Crippen LogP contribution in [0.15, 0.2) is 18.2 Å². The van der Waals surface area contributed by atoms with Crippen molar-refractivity contribution in [2.75, 3.05) is 13.2 Å². The summed E-state index contributed by atoms with van der Waals surface area (Å²) in [6.07, 6.45) is 6.16. The van der Waals surface area contributed by atoms with Gasteiger partial charge in [0.05, 0.1) is 13.2 Å². The maximum Gasteiger partial charge on any atom is 0.244 e. The van der Waals surface area contributed by atoms with Crippen molar-refractivity contribution in [2.45, 2.75) is 45.3 Å². The molecule has 0 radical (unpaired) electrons. The Morgan fingerprint density at radius 2 is 2.16 bits per heavy atom. The molecule has 6 heteroatoms. The van der Waals surface area contributed by atoms with E-state index in [2.05, 4.69) is 10.6 Å². The van der Waals surface area contributed by atoms with Crippen molar-refractivity contribution < 1.29 is 19.1 Å². The molecule has 1 heterocycles. The third-order valence-corrected chi connectivity index (χ3v) is 4.11. The highest BCUT2D eigenvalue weighted by Gasteiger charge is 2.23. The second-order valence-corrected chi connectivity index (χ2v) is 6.46. The summed E-state index contributed by atoms with van der Waals surface area (Å²) in [5, 5.41) is 5.41. The number of amides is 2. The first-order valence-electron chi connectivity index (χ1n) is 8.76. The molecule has 1 aliphatic carbocycles. The predicted octanol–water partition coefficient (Wildman–Crippen LogP) is 1.82. The minimum absolute atomic E-state index is 0.0111. The third kappa shape index (κ3) is 4.75. The van der Waals surface area contributed by atoms with Gasteiger partial charge in [0, 0.05) is 29.7 Å². The number of benzene rings is 1. The van der Waals surface area contributed by atoms with E-state index < -0.39 is 0 Å². The number of carbonyl (C=O) groups excluding carboxylic acids is 2. The maximum atomic E-state index is 11.9. The van der Waals surface area contributed by atoms with Crippen LogP contribution in [0.5, 0.6) is 11.5 Å². The Balaban J connectivity index is 1.62. The molecule has 134 valence electrons. The molecule has 1 aromatic carbocycles. The van der Waals surface area contributed by atoms with Gasteiger partial charge in [0.25, 0.3) is 0 Å². The Morgan fingerprint density at radius 3 is 2.88 bits per heavy atom. The van der Waals surface area contributed by atoms with Crippen molar-refractivity contribution in [3.8, 4) is 11.5 Å². The van der Waals surface area contributed by atoms with E-state index in [1.807, 2.05) is 26.0 Å². The fourth-order valence-corrected chi connectivity index (χ4v) is 2.76. The lowest BCUT2D eigenvalue weighted by atomic mass is 10.1. The van der Waals surface area contributed by atoms with E-state index in [1.165, 1.54) is 6.08 Å². The molecule has 1 fully saturated rings. The fourth-order valence-electron chi connectivity index (χ4n) is 2.76. The largest absolute Gasteiger partial charge is 0.493 e. The minimum Gasteiger partial charge on any atom is -0.493 e. The molecule has 0 spiro atoms. The maximum absolute atomic E-state index is 11.9. The Labute approximate surface area is 147 Å². The van der Waals surface area contributed by atoms with Crippen molar-refractivity contribution in [3.05, 3.63) is 29.3 Å². The summed E-state index contributed by atoms with van der Waals surface area (Å²) in [5.41, 5.74) is 1.90. The topological polar surface area (TPSA) is 76.7 Å². The van der Waals surface area contributed by atoms with E-state index in [0.29, 0.717) is 12.6 Å². The van der Waals surface area contributed by atoms with Gasteiger partial charge in [0.15, 0.2) is 0 Å². The molecule has 2 N–H and O–H groups in total. The van der Waals surface area contributed by atoms with E-state index >= 15 is 0 Å². The summed E-state index contributed by atoms with van der Waals surface area (Å²) in [7, 11) is 0. The highest BCUT2D eigenvalue weighted by atomic mass is 16.5. The van der Waals surface area contributed by atoms with Crippen molar-refractivity contribution >= 4 is 17.9 Å². The summed E-state index contributed by atoms with van der Waals surface area (Å²) in [6, 6.07) is 4.17. The third-order valence-electron chi connectivity index (χ3n) is 4.11. The summed E-state index contributed by atoms with van der Waals surface area (Å²) < 4.78 is 11.4. The Bertz CT molecular complexity index is 695. The Kier molecular flexibility index (Phi) is 5.26. The highest BCUT2D eigenvalue weighted by Crippen LogP contribution is 2.35. The second-order valence-electron chi connectivity index (χ2n) is 6.46. The highest BCUT2D eigenvalue weighted by molar-refractivity contribution is 5.94. The minimum atomic E-state index is -0.316. The van der Waals surface area contributed by atoms with Gasteiger partial charge in [-0.05, 0) is 44.9 Å². The molecule has 0 unspecified atom stereocenters. The monoisotopic (exact) mass is 344 g/mol. The van der Waals surface area contributed by atoms with Crippen molar-refractivity contribution in [1.82, 2.24) is 10.6 Å². The van der Waals surface area contributed by atoms with Gasteiger partial charge in [0.1, 0.15) is 17.6 Å². The standard InChI is InChI=1S/C19H24N2O4/c1-3-24-16-10-14-8-12(2)25-17(14)9-13(16)4-7-18(22)20-11-19(23)21-15-5-6-15/h4,7,9-10,12,15H,3,5-6,8,11H2,1-2H3,(H,20,22)(H,21,23)/b7-4+/t12-/m1/s1. The first-order chi connectivity index (χ1) is 12.0. The van der Waals surface area contributed by atoms with Crippen LogP contribution in [0.4, 0.5) is 0 Å². The van der Waals surface area contributed by atoms with Crippen molar-refractivity contribution in [3.63, 3.8) is 0 Å².